The van der Waals surface area contributed by atoms with E-state index in [4.69, 9.17) is 0 Å². The molecule has 0 bridgehead atoms. The highest BCUT2D eigenvalue weighted by atomic mass is 32.2. The van der Waals surface area contributed by atoms with Gasteiger partial charge in [-0.05, 0) is 49.0 Å². The summed E-state index contributed by atoms with van der Waals surface area (Å²) in [6.07, 6.45) is 2.61. The molecule has 0 unspecified atom stereocenters. The van der Waals surface area contributed by atoms with Crippen LogP contribution in [-0.2, 0) is 0 Å². The second-order valence-electron chi connectivity index (χ2n) is 4.09. The molecule has 3 heteroatoms. The van der Waals surface area contributed by atoms with Crippen LogP contribution in [0.25, 0.3) is 0 Å². The predicted molar refractivity (Wildman–Crippen MR) is 72.0 cm³/mol. The Morgan fingerprint density at radius 3 is 2.93 bits per heavy atom. The van der Waals surface area contributed by atoms with Crippen LogP contribution >= 0.6 is 23.1 Å². The van der Waals surface area contributed by atoms with E-state index >= 15 is 0 Å². The van der Waals surface area contributed by atoms with Crippen LogP contribution in [0.3, 0.4) is 0 Å². The fourth-order valence-corrected chi connectivity index (χ4v) is 3.12. The van der Waals surface area contributed by atoms with Gasteiger partial charge in [-0.2, -0.15) is 0 Å². The quantitative estimate of drug-likeness (QED) is 0.549. The third kappa shape index (κ3) is 6.98. The van der Waals surface area contributed by atoms with E-state index in [0.29, 0.717) is 0 Å². The van der Waals surface area contributed by atoms with E-state index in [0.717, 1.165) is 12.5 Å². The van der Waals surface area contributed by atoms with Gasteiger partial charge in [0.1, 0.15) is 0 Å². The van der Waals surface area contributed by atoms with Crippen LogP contribution < -0.4 is 5.32 Å². The highest BCUT2D eigenvalue weighted by Crippen LogP contribution is 2.23. The molecule has 0 amide bonds. The van der Waals surface area contributed by atoms with Gasteiger partial charge in [-0.1, -0.05) is 19.9 Å². The van der Waals surface area contributed by atoms with Crippen molar-refractivity contribution in [3.8, 4) is 0 Å². The van der Waals surface area contributed by atoms with Crippen LogP contribution in [-0.4, -0.2) is 18.8 Å². The van der Waals surface area contributed by atoms with E-state index in [1.54, 1.807) is 0 Å². The summed E-state index contributed by atoms with van der Waals surface area (Å²) in [5, 5.41) is 5.62. The molecule has 0 fully saturated rings. The van der Waals surface area contributed by atoms with Crippen molar-refractivity contribution in [2.45, 2.75) is 30.9 Å². The first kappa shape index (κ1) is 13.1. The topological polar surface area (TPSA) is 12.0 Å². The number of hydrogen-bond acceptors (Lipinski definition) is 3. The standard InChI is InChI=1S/C12H21NS2/c1-11(2)10-13-7-3-4-8-14-12-6-5-9-15-12/h5-6,9,11,13H,3-4,7-8,10H2,1-2H3. The summed E-state index contributed by atoms with van der Waals surface area (Å²) in [5.74, 6) is 2.02. The Bertz CT molecular complexity index is 232. The van der Waals surface area contributed by atoms with Gasteiger partial charge >= 0.3 is 0 Å². The molecule has 86 valence electrons. The first-order chi connectivity index (χ1) is 7.29. The monoisotopic (exact) mass is 243 g/mol. The zero-order valence-corrected chi connectivity index (χ0v) is 11.3. The lowest BCUT2D eigenvalue weighted by Gasteiger charge is -2.06. The zero-order chi connectivity index (χ0) is 10.9. The fourth-order valence-electron chi connectivity index (χ4n) is 1.26. The van der Waals surface area contributed by atoms with Crippen LogP contribution in [0, 0.1) is 5.92 Å². The van der Waals surface area contributed by atoms with Crippen molar-refractivity contribution in [3.05, 3.63) is 17.5 Å². The van der Waals surface area contributed by atoms with Crippen molar-refractivity contribution in [3.63, 3.8) is 0 Å². The lowest BCUT2D eigenvalue weighted by Crippen LogP contribution is -2.20. The van der Waals surface area contributed by atoms with Crippen LogP contribution in [0.4, 0.5) is 0 Å². The number of thioether (sulfide) groups is 1. The van der Waals surface area contributed by atoms with Crippen molar-refractivity contribution in [1.82, 2.24) is 5.32 Å². The molecule has 0 saturated carbocycles. The fraction of sp³-hybridized carbons (Fsp3) is 0.667. The van der Waals surface area contributed by atoms with E-state index in [9.17, 15) is 0 Å². The van der Waals surface area contributed by atoms with E-state index in [1.807, 2.05) is 23.1 Å². The molecule has 1 aromatic heterocycles. The number of rotatable bonds is 8. The summed E-state index contributed by atoms with van der Waals surface area (Å²) in [6.45, 7) is 6.82. The Morgan fingerprint density at radius 2 is 2.27 bits per heavy atom. The Labute approximate surface area is 102 Å². The van der Waals surface area contributed by atoms with Crippen molar-refractivity contribution < 1.29 is 0 Å². The van der Waals surface area contributed by atoms with Gasteiger partial charge in [0.05, 0.1) is 4.21 Å². The molecule has 0 radical (unpaired) electrons. The van der Waals surface area contributed by atoms with E-state index in [2.05, 4.69) is 36.7 Å². The molecule has 1 N–H and O–H groups in total. The van der Waals surface area contributed by atoms with Crippen molar-refractivity contribution >= 4 is 23.1 Å². The first-order valence-corrected chi connectivity index (χ1v) is 7.52. The molecular formula is C12H21NS2. The van der Waals surface area contributed by atoms with E-state index in [1.165, 1.54) is 29.3 Å². The van der Waals surface area contributed by atoms with Crippen LogP contribution in [0.2, 0.25) is 0 Å². The average Bonchev–Trinajstić information content (AvgIpc) is 2.68. The molecule has 1 aromatic rings. The zero-order valence-electron chi connectivity index (χ0n) is 9.66. The second kappa shape index (κ2) is 8.20. The number of thiophene rings is 1. The predicted octanol–water partition coefficient (Wildman–Crippen LogP) is 3.87. The molecule has 0 aliphatic rings. The molecule has 0 aliphatic heterocycles. The Morgan fingerprint density at radius 1 is 1.40 bits per heavy atom. The van der Waals surface area contributed by atoms with Crippen molar-refractivity contribution in [2.75, 3.05) is 18.8 Å². The molecular weight excluding hydrogens is 222 g/mol. The molecule has 1 rings (SSSR count). The average molecular weight is 243 g/mol. The summed E-state index contributed by atoms with van der Waals surface area (Å²) in [7, 11) is 0. The smallest absolute Gasteiger partial charge is 0.0598 e. The maximum atomic E-state index is 3.47. The summed E-state index contributed by atoms with van der Waals surface area (Å²) in [4.78, 5) is 0. The molecule has 0 atom stereocenters. The third-order valence-electron chi connectivity index (χ3n) is 2.04. The number of unbranched alkanes of at least 4 members (excludes halogenated alkanes) is 1. The first-order valence-electron chi connectivity index (χ1n) is 5.66. The Kier molecular flexibility index (Phi) is 7.14. The van der Waals surface area contributed by atoms with Gasteiger partial charge in [0.2, 0.25) is 0 Å². The SMILES string of the molecule is CC(C)CNCCCCSc1cccs1. The number of nitrogens with one attached hydrogen (secondary N) is 1. The highest BCUT2D eigenvalue weighted by Gasteiger charge is 1.95. The third-order valence-corrected chi connectivity index (χ3v) is 4.26. The lowest BCUT2D eigenvalue weighted by molar-refractivity contribution is 0.541. The van der Waals surface area contributed by atoms with E-state index < -0.39 is 0 Å². The van der Waals surface area contributed by atoms with Gasteiger partial charge in [0.25, 0.3) is 0 Å². The van der Waals surface area contributed by atoms with Gasteiger partial charge in [0, 0.05) is 0 Å². The highest BCUT2D eigenvalue weighted by molar-refractivity contribution is 8.01. The lowest BCUT2D eigenvalue weighted by atomic mass is 10.2. The maximum Gasteiger partial charge on any atom is 0.0598 e. The summed E-state index contributed by atoms with van der Waals surface area (Å²) in [6, 6.07) is 4.32. The molecule has 0 saturated heterocycles. The molecule has 0 spiro atoms. The summed E-state index contributed by atoms with van der Waals surface area (Å²) >= 11 is 3.82. The minimum absolute atomic E-state index is 0.769. The molecule has 1 nitrogen and oxygen atoms in total. The second-order valence-corrected chi connectivity index (χ2v) is 6.43. The molecule has 1 heterocycles. The van der Waals surface area contributed by atoms with Crippen molar-refractivity contribution in [1.29, 1.82) is 0 Å². The van der Waals surface area contributed by atoms with Crippen LogP contribution in [0.15, 0.2) is 21.7 Å². The molecule has 0 aromatic carbocycles. The van der Waals surface area contributed by atoms with Crippen LogP contribution in [0.5, 0.6) is 0 Å². The number of hydrogen-bond donors (Lipinski definition) is 1. The summed E-state index contributed by atoms with van der Waals surface area (Å²) in [5.41, 5.74) is 0. The van der Waals surface area contributed by atoms with E-state index in [-0.39, 0.29) is 0 Å². The van der Waals surface area contributed by atoms with Gasteiger partial charge < -0.3 is 5.32 Å². The summed E-state index contributed by atoms with van der Waals surface area (Å²) < 4.78 is 1.45. The van der Waals surface area contributed by atoms with Crippen LogP contribution in [0.1, 0.15) is 26.7 Å². The van der Waals surface area contributed by atoms with Gasteiger partial charge in [-0.25, -0.2) is 0 Å². The maximum absolute atomic E-state index is 3.47. The Balaban J connectivity index is 1.85. The minimum Gasteiger partial charge on any atom is -0.316 e. The van der Waals surface area contributed by atoms with Gasteiger partial charge in [0.15, 0.2) is 0 Å². The van der Waals surface area contributed by atoms with Gasteiger partial charge in [-0.3, -0.25) is 0 Å². The van der Waals surface area contributed by atoms with Crippen molar-refractivity contribution in [2.24, 2.45) is 5.92 Å². The van der Waals surface area contributed by atoms with Gasteiger partial charge in [-0.15, -0.1) is 23.1 Å². The Hall–Kier alpha value is 0.01000. The molecule has 0 aliphatic carbocycles. The normalized spacial score (nSPS) is 11.1. The minimum atomic E-state index is 0.769. The molecule has 15 heavy (non-hydrogen) atoms. The largest absolute Gasteiger partial charge is 0.316 e.